The molecule has 1 aromatic carbocycles. The van der Waals surface area contributed by atoms with Crippen LogP contribution in [-0.4, -0.2) is 34.1 Å². The number of fused-ring (bicyclic) bond motifs is 1. The van der Waals surface area contributed by atoms with Gasteiger partial charge in [0.05, 0.1) is 16.6 Å². The van der Waals surface area contributed by atoms with Gasteiger partial charge in [-0.1, -0.05) is 0 Å². The van der Waals surface area contributed by atoms with Crippen LogP contribution in [0.1, 0.15) is 16.2 Å². The molecule has 0 spiro atoms. The highest BCUT2D eigenvalue weighted by Gasteiger charge is 2.19. The molecule has 0 saturated carbocycles. The number of carbonyl (C=O) groups is 1. The number of aromatic nitrogens is 3. The third kappa shape index (κ3) is 3.18. The first-order valence-corrected chi connectivity index (χ1v) is 9.96. The molecule has 0 aliphatic carbocycles. The zero-order valence-corrected chi connectivity index (χ0v) is 15.6. The van der Waals surface area contributed by atoms with Crippen molar-refractivity contribution < 1.29 is 13.2 Å². The highest BCUT2D eigenvalue weighted by Crippen LogP contribution is 2.25. The van der Waals surface area contributed by atoms with E-state index >= 15 is 0 Å². The van der Waals surface area contributed by atoms with E-state index in [4.69, 9.17) is 0 Å². The molecule has 0 unspecified atom stereocenters. The first-order valence-electron chi connectivity index (χ1n) is 7.30. The number of hydrogen-bond donors (Lipinski definition) is 1. The molecule has 0 saturated heterocycles. The fourth-order valence-corrected chi connectivity index (χ4v) is 3.61. The van der Waals surface area contributed by atoms with Gasteiger partial charge < -0.3 is 4.57 Å². The minimum Gasteiger partial charge on any atom is -0.301 e. The van der Waals surface area contributed by atoms with Gasteiger partial charge in [0.1, 0.15) is 0 Å². The van der Waals surface area contributed by atoms with Crippen LogP contribution < -0.4 is 16.0 Å². The zero-order chi connectivity index (χ0) is 19.2. The molecule has 2 heterocycles. The fraction of sp³-hybridized carbons (Fsp3) is 0.200. The number of benzene rings is 1. The van der Waals surface area contributed by atoms with Crippen molar-refractivity contribution in [1.29, 1.82) is 0 Å². The summed E-state index contributed by atoms with van der Waals surface area (Å²) in [5.41, 5.74) is -0.344. The molecule has 0 radical (unpaired) electrons. The normalized spacial score (nSPS) is 11.7. The number of sulfonamides is 1. The number of amides is 1. The molecular formula is C15H14N4O5S2. The summed E-state index contributed by atoms with van der Waals surface area (Å²) in [5.74, 6) is -0.875. The maximum Gasteiger partial charge on any atom is 0.335 e. The number of carbonyl (C=O) groups excluding carboxylic acids is 1. The van der Waals surface area contributed by atoms with Crippen LogP contribution in [0.2, 0.25) is 0 Å². The number of rotatable bonds is 3. The SMILES string of the molecule is Cc1cc(=O)n(-c2ccc3snc(C(=O)NS(C)(=O)=O)c3c2)c(=O)n1C. The van der Waals surface area contributed by atoms with E-state index < -0.39 is 27.2 Å². The van der Waals surface area contributed by atoms with E-state index in [0.717, 1.165) is 22.4 Å². The molecule has 0 bridgehead atoms. The summed E-state index contributed by atoms with van der Waals surface area (Å²) in [5, 5.41) is 0.350. The maximum atomic E-state index is 12.4. The van der Waals surface area contributed by atoms with Crippen LogP contribution in [0.15, 0.2) is 33.9 Å². The Morgan fingerprint density at radius 1 is 1.23 bits per heavy atom. The van der Waals surface area contributed by atoms with Crippen molar-refractivity contribution in [3.05, 3.63) is 56.5 Å². The van der Waals surface area contributed by atoms with Gasteiger partial charge in [0, 0.05) is 24.2 Å². The smallest absolute Gasteiger partial charge is 0.301 e. The van der Waals surface area contributed by atoms with E-state index in [0.29, 0.717) is 15.8 Å². The zero-order valence-electron chi connectivity index (χ0n) is 14.0. The molecule has 0 aliphatic rings. The van der Waals surface area contributed by atoms with Crippen LogP contribution in [-0.2, 0) is 17.1 Å². The average molecular weight is 394 g/mol. The highest BCUT2D eigenvalue weighted by molar-refractivity contribution is 7.89. The van der Waals surface area contributed by atoms with Crippen molar-refractivity contribution in [3.63, 3.8) is 0 Å². The van der Waals surface area contributed by atoms with Crippen molar-refractivity contribution >= 4 is 37.5 Å². The van der Waals surface area contributed by atoms with Gasteiger partial charge in [-0.3, -0.25) is 9.59 Å². The molecular weight excluding hydrogens is 380 g/mol. The Hall–Kier alpha value is -2.79. The molecule has 1 N–H and O–H groups in total. The quantitative estimate of drug-likeness (QED) is 0.675. The predicted molar refractivity (Wildman–Crippen MR) is 97.5 cm³/mol. The van der Waals surface area contributed by atoms with Gasteiger partial charge in [-0.25, -0.2) is 22.5 Å². The minimum absolute atomic E-state index is 0.0886. The Labute approximate surface area is 151 Å². The van der Waals surface area contributed by atoms with E-state index in [1.165, 1.54) is 16.7 Å². The predicted octanol–water partition coefficient (Wildman–Crippen LogP) is 0.144. The van der Waals surface area contributed by atoms with Crippen molar-refractivity contribution in [1.82, 2.24) is 18.2 Å². The molecule has 1 amide bonds. The van der Waals surface area contributed by atoms with Gasteiger partial charge in [0.15, 0.2) is 5.69 Å². The van der Waals surface area contributed by atoms with Gasteiger partial charge in [0.2, 0.25) is 10.0 Å². The Morgan fingerprint density at radius 2 is 1.92 bits per heavy atom. The molecule has 0 atom stereocenters. The molecule has 11 heteroatoms. The summed E-state index contributed by atoms with van der Waals surface area (Å²) >= 11 is 1.01. The van der Waals surface area contributed by atoms with Gasteiger partial charge in [-0.05, 0) is 36.7 Å². The van der Waals surface area contributed by atoms with Gasteiger partial charge in [-0.15, -0.1) is 0 Å². The van der Waals surface area contributed by atoms with Crippen LogP contribution >= 0.6 is 11.5 Å². The van der Waals surface area contributed by atoms with Gasteiger partial charge in [-0.2, -0.15) is 4.37 Å². The van der Waals surface area contributed by atoms with Crippen LogP contribution in [0.5, 0.6) is 0 Å². The number of hydrogen-bond acceptors (Lipinski definition) is 7. The lowest BCUT2D eigenvalue weighted by atomic mass is 10.2. The second kappa shape index (κ2) is 6.18. The third-order valence-corrected chi connectivity index (χ3v) is 5.15. The van der Waals surface area contributed by atoms with Crippen LogP contribution in [0.25, 0.3) is 15.8 Å². The summed E-state index contributed by atoms with van der Waals surface area (Å²) in [6, 6.07) is 5.98. The first kappa shape index (κ1) is 18.0. The van der Waals surface area contributed by atoms with E-state index in [9.17, 15) is 22.8 Å². The minimum atomic E-state index is -3.75. The van der Waals surface area contributed by atoms with Crippen molar-refractivity contribution in [3.8, 4) is 5.69 Å². The Bertz CT molecular complexity index is 1270. The summed E-state index contributed by atoms with van der Waals surface area (Å²) < 4.78 is 31.3. The molecule has 0 aliphatic heterocycles. The maximum absolute atomic E-state index is 12.4. The van der Waals surface area contributed by atoms with Crippen LogP contribution in [0, 0.1) is 6.92 Å². The molecule has 3 rings (SSSR count). The Kier molecular flexibility index (Phi) is 4.28. The van der Waals surface area contributed by atoms with Gasteiger partial charge >= 0.3 is 5.69 Å². The lowest BCUT2D eigenvalue weighted by Gasteiger charge is -2.09. The van der Waals surface area contributed by atoms with Crippen molar-refractivity contribution in [2.24, 2.45) is 7.05 Å². The largest absolute Gasteiger partial charge is 0.335 e. The lowest BCUT2D eigenvalue weighted by Crippen LogP contribution is -2.38. The van der Waals surface area contributed by atoms with E-state index in [1.54, 1.807) is 26.1 Å². The summed E-state index contributed by atoms with van der Waals surface area (Å²) in [4.78, 5) is 36.9. The lowest BCUT2D eigenvalue weighted by molar-refractivity contribution is 0.0979. The summed E-state index contributed by atoms with van der Waals surface area (Å²) in [6.45, 7) is 1.65. The standard InChI is InChI=1S/C15H14N4O5S2/c1-8-6-12(20)19(15(22)18(8)2)9-4-5-11-10(7-9)13(16-25-11)14(21)17-26(3,23)24/h4-7H,1-3H3,(H,17,21). The van der Waals surface area contributed by atoms with Gasteiger partial charge in [0.25, 0.3) is 11.5 Å². The third-order valence-electron chi connectivity index (χ3n) is 3.76. The first-order chi connectivity index (χ1) is 12.1. The van der Waals surface area contributed by atoms with Crippen LogP contribution in [0.3, 0.4) is 0 Å². The Balaban J connectivity index is 2.22. The average Bonchev–Trinajstić information content (AvgIpc) is 2.94. The van der Waals surface area contributed by atoms with Crippen LogP contribution in [0.4, 0.5) is 0 Å². The number of nitrogens with zero attached hydrogens (tertiary/aromatic N) is 3. The highest BCUT2D eigenvalue weighted by atomic mass is 32.2. The topological polar surface area (TPSA) is 120 Å². The fourth-order valence-electron chi connectivity index (χ4n) is 2.42. The summed E-state index contributed by atoms with van der Waals surface area (Å²) in [6.07, 6.45) is 0.862. The molecule has 3 aromatic rings. The van der Waals surface area contributed by atoms with E-state index in [1.807, 2.05) is 4.72 Å². The molecule has 0 fully saturated rings. The Morgan fingerprint density at radius 3 is 2.58 bits per heavy atom. The molecule has 136 valence electrons. The van der Waals surface area contributed by atoms with Crippen molar-refractivity contribution in [2.45, 2.75) is 6.92 Å². The second-order valence-electron chi connectivity index (χ2n) is 5.72. The molecule has 9 nitrogen and oxygen atoms in total. The second-order valence-corrected chi connectivity index (χ2v) is 8.27. The molecule has 26 heavy (non-hydrogen) atoms. The van der Waals surface area contributed by atoms with E-state index in [-0.39, 0.29) is 11.4 Å². The van der Waals surface area contributed by atoms with Crippen molar-refractivity contribution in [2.75, 3.05) is 6.26 Å². The monoisotopic (exact) mass is 394 g/mol. The van der Waals surface area contributed by atoms with E-state index in [2.05, 4.69) is 4.37 Å². The number of aryl methyl sites for hydroxylation is 1. The number of nitrogens with one attached hydrogen (secondary N) is 1. The molecule has 2 aromatic heterocycles. The summed E-state index contributed by atoms with van der Waals surface area (Å²) in [7, 11) is -2.20.